The number of nitrogens with two attached hydrogens (primary N) is 1. The highest BCUT2D eigenvalue weighted by Gasteiger charge is 2.27. The minimum Gasteiger partial charge on any atom is -0.383 e. The molecule has 3 unspecified atom stereocenters. The molecule has 0 saturated heterocycles. The van der Waals surface area contributed by atoms with Gasteiger partial charge in [-0.1, -0.05) is 12.8 Å². The van der Waals surface area contributed by atoms with E-state index in [0.717, 1.165) is 6.42 Å². The zero-order valence-corrected chi connectivity index (χ0v) is 10.9. The molecule has 3 N–H and O–H groups in total. The topological polar surface area (TPSA) is 64.3 Å². The van der Waals surface area contributed by atoms with Crippen molar-refractivity contribution >= 4 is 17.7 Å². The van der Waals surface area contributed by atoms with E-state index >= 15 is 0 Å². The predicted octanol–water partition coefficient (Wildman–Crippen LogP) is 0.751. The van der Waals surface area contributed by atoms with Gasteiger partial charge in [0, 0.05) is 18.4 Å². The first kappa shape index (κ1) is 13.8. The molecule has 0 aliphatic heterocycles. The Balaban J connectivity index is 2.41. The Morgan fingerprint density at radius 3 is 2.88 bits per heavy atom. The van der Waals surface area contributed by atoms with Crippen LogP contribution >= 0.6 is 11.8 Å². The SMILES string of the molecule is COCC(N)C(=O)NC1CCCCC1SC. The molecule has 16 heavy (non-hydrogen) atoms. The summed E-state index contributed by atoms with van der Waals surface area (Å²) in [5.74, 6) is -0.0900. The Morgan fingerprint density at radius 2 is 2.25 bits per heavy atom. The third kappa shape index (κ3) is 3.96. The van der Waals surface area contributed by atoms with E-state index in [4.69, 9.17) is 10.5 Å². The molecule has 3 atom stereocenters. The minimum atomic E-state index is -0.547. The highest BCUT2D eigenvalue weighted by atomic mass is 32.2. The lowest BCUT2D eigenvalue weighted by Gasteiger charge is -2.31. The van der Waals surface area contributed by atoms with Crippen molar-refractivity contribution in [3.63, 3.8) is 0 Å². The first-order chi connectivity index (χ1) is 7.69. The average Bonchev–Trinajstić information content (AvgIpc) is 2.30. The molecule has 4 nitrogen and oxygen atoms in total. The van der Waals surface area contributed by atoms with Gasteiger partial charge in [-0.25, -0.2) is 0 Å². The molecule has 0 aromatic rings. The summed E-state index contributed by atoms with van der Waals surface area (Å²) in [5, 5.41) is 3.57. The van der Waals surface area contributed by atoms with Crippen LogP contribution < -0.4 is 11.1 Å². The summed E-state index contributed by atoms with van der Waals surface area (Å²) in [7, 11) is 1.55. The van der Waals surface area contributed by atoms with Crippen LogP contribution in [-0.2, 0) is 9.53 Å². The highest BCUT2D eigenvalue weighted by Crippen LogP contribution is 2.27. The number of amides is 1. The Kier molecular flexibility index (Phi) is 6.16. The smallest absolute Gasteiger partial charge is 0.239 e. The predicted molar refractivity (Wildman–Crippen MR) is 67.6 cm³/mol. The second-order valence-electron chi connectivity index (χ2n) is 4.24. The van der Waals surface area contributed by atoms with Crippen molar-refractivity contribution in [2.24, 2.45) is 5.73 Å². The third-order valence-electron chi connectivity index (χ3n) is 3.02. The van der Waals surface area contributed by atoms with Gasteiger partial charge in [0.15, 0.2) is 0 Å². The van der Waals surface area contributed by atoms with Crippen LogP contribution in [0.2, 0.25) is 0 Å². The third-order valence-corrected chi connectivity index (χ3v) is 4.19. The van der Waals surface area contributed by atoms with Gasteiger partial charge in [-0.2, -0.15) is 11.8 Å². The van der Waals surface area contributed by atoms with Crippen LogP contribution in [0.25, 0.3) is 0 Å². The molecule has 1 aliphatic carbocycles. The van der Waals surface area contributed by atoms with Crippen molar-refractivity contribution in [3.05, 3.63) is 0 Å². The molecule has 0 aromatic heterocycles. The molecule has 1 rings (SSSR count). The van der Waals surface area contributed by atoms with E-state index in [1.54, 1.807) is 7.11 Å². The van der Waals surface area contributed by atoms with E-state index in [0.29, 0.717) is 5.25 Å². The van der Waals surface area contributed by atoms with E-state index in [9.17, 15) is 4.79 Å². The van der Waals surface area contributed by atoms with Crippen molar-refractivity contribution in [2.75, 3.05) is 20.0 Å². The van der Waals surface area contributed by atoms with E-state index < -0.39 is 6.04 Å². The second kappa shape index (κ2) is 7.14. The normalized spacial score (nSPS) is 27.4. The number of rotatable bonds is 5. The maximum atomic E-state index is 11.7. The maximum absolute atomic E-state index is 11.7. The van der Waals surface area contributed by atoms with Gasteiger partial charge in [0.2, 0.25) is 5.91 Å². The summed E-state index contributed by atoms with van der Waals surface area (Å²) >= 11 is 1.83. The fourth-order valence-corrected chi connectivity index (χ4v) is 3.02. The summed E-state index contributed by atoms with van der Waals surface area (Å²) in [5.41, 5.74) is 5.69. The molecule has 1 amide bonds. The van der Waals surface area contributed by atoms with Gasteiger partial charge in [-0.15, -0.1) is 0 Å². The van der Waals surface area contributed by atoms with Crippen molar-refractivity contribution in [1.29, 1.82) is 0 Å². The number of carbonyl (C=O) groups excluding carboxylic acids is 1. The van der Waals surface area contributed by atoms with Crippen LogP contribution in [0.1, 0.15) is 25.7 Å². The lowest BCUT2D eigenvalue weighted by Crippen LogP contribution is -2.51. The monoisotopic (exact) mass is 246 g/mol. The summed E-state index contributed by atoms with van der Waals surface area (Å²) in [6.07, 6.45) is 6.82. The Labute approximate surface area is 102 Å². The van der Waals surface area contributed by atoms with Crippen LogP contribution in [0, 0.1) is 0 Å². The molecule has 0 aromatic carbocycles. The van der Waals surface area contributed by atoms with Crippen LogP contribution in [0.3, 0.4) is 0 Å². The quantitative estimate of drug-likeness (QED) is 0.751. The van der Waals surface area contributed by atoms with Crippen LogP contribution in [-0.4, -0.2) is 43.2 Å². The van der Waals surface area contributed by atoms with Gasteiger partial charge in [0.1, 0.15) is 6.04 Å². The molecule has 0 radical (unpaired) electrons. The Hall–Kier alpha value is -0.260. The van der Waals surface area contributed by atoms with Gasteiger partial charge < -0.3 is 15.8 Å². The summed E-state index contributed by atoms with van der Waals surface area (Å²) < 4.78 is 4.88. The highest BCUT2D eigenvalue weighted by molar-refractivity contribution is 7.99. The van der Waals surface area contributed by atoms with Crippen molar-refractivity contribution in [3.8, 4) is 0 Å². The number of hydrogen-bond donors (Lipinski definition) is 2. The van der Waals surface area contributed by atoms with Crippen molar-refractivity contribution < 1.29 is 9.53 Å². The molecular weight excluding hydrogens is 224 g/mol. The summed E-state index contributed by atoms with van der Waals surface area (Å²) in [4.78, 5) is 11.7. The van der Waals surface area contributed by atoms with Crippen molar-refractivity contribution in [1.82, 2.24) is 5.32 Å². The largest absolute Gasteiger partial charge is 0.383 e. The fourth-order valence-electron chi connectivity index (χ4n) is 2.09. The Bertz CT molecular complexity index is 226. The Morgan fingerprint density at radius 1 is 1.56 bits per heavy atom. The van der Waals surface area contributed by atoms with Crippen molar-refractivity contribution in [2.45, 2.75) is 43.0 Å². The standard InChI is InChI=1S/C11H22N2O2S/c1-15-7-8(12)11(14)13-9-5-3-4-6-10(9)16-2/h8-10H,3-7,12H2,1-2H3,(H,13,14). The number of ether oxygens (including phenoxy) is 1. The van der Waals surface area contributed by atoms with Crippen LogP contribution in [0.5, 0.6) is 0 Å². The molecule has 1 aliphatic rings. The molecule has 94 valence electrons. The second-order valence-corrected chi connectivity index (χ2v) is 5.31. The first-order valence-electron chi connectivity index (χ1n) is 5.76. The van der Waals surface area contributed by atoms with Crippen LogP contribution in [0.4, 0.5) is 0 Å². The van der Waals surface area contributed by atoms with Gasteiger partial charge >= 0.3 is 0 Å². The first-order valence-corrected chi connectivity index (χ1v) is 7.05. The lowest BCUT2D eigenvalue weighted by atomic mass is 9.94. The van der Waals surface area contributed by atoms with Gasteiger partial charge in [-0.05, 0) is 19.1 Å². The molecule has 5 heteroatoms. The van der Waals surface area contributed by atoms with Gasteiger partial charge in [0.25, 0.3) is 0 Å². The number of thioether (sulfide) groups is 1. The minimum absolute atomic E-state index is 0.0900. The summed E-state index contributed by atoms with van der Waals surface area (Å²) in [6.45, 7) is 0.280. The molecule has 1 fully saturated rings. The molecule has 0 heterocycles. The van der Waals surface area contributed by atoms with Gasteiger partial charge in [0.05, 0.1) is 6.61 Å². The number of methoxy groups -OCH3 is 1. The maximum Gasteiger partial charge on any atom is 0.239 e. The number of carbonyl (C=O) groups is 1. The number of nitrogens with one attached hydrogen (secondary N) is 1. The molecule has 0 bridgehead atoms. The number of hydrogen-bond acceptors (Lipinski definition) is 4. The average molecular weight is 246 g/mol. The zero-order chi connectivity index (χ0) is 12.0. The van der Waals surface area contributed by atoms with E-state index in [1.165, 1.54) is 19.3 Å². The van der Waals surface area contributed by atoms with Gasteiger partial charge in [-0.3, -0.25) is 4.79 Å². The summed E-state index contributed by atoms with van der Waals surface area (Å²) in [6, 6.07) is -0.270. The van der Waals surface area contributed by atoms with E-state index in [2.05, 4.69) is 11.6 Å². The molecule has 0 spiro atoms. The van der Waals surface area contributed by atoms with Crippen LogP contribution in [0.15, 0.2) is 0 Å². The molecular formula is C11H22N2O2S. The zero-order valence-electron chi connectivity index (χ0n) is 10.1. The fraction of sp³-hybridized carbons (Fsp3) is 0.909. The van der Waals surface area contributed by atoms with E-state index in [1.807, 2.05) is 11.8 Å². The van der Waals surface area contributed by atoms with E-state index in [-0.39, 0.29) is 18.6 Å². The lowest BCUT2D eigenvalue weighted by molar-refractivity contribution is -0.124. The molecule has 1 saturated carbocycles.